The van der Waals surface area contributed by atoms with Gasteiger partial charge in [0.15, 0.2) is 5.96 Å². The largest absolute Gasteiger partial charge is 0.373 e. The van der Waals surface area contributed by atoms with E-state index in [1.807, 2.05) is 7.05 Å². The highest BCUT2D eigenvalue weighted by Gasteiger charge is 2.39. The lowest BCUT2D eigenvalue weighted by molar-refractivity contribution is -0.0679. The molecule has 3 rings (SSSR count). The number of aliphatic imine (C=N–C) groups is 1. The van der Waals surface area contributed by atoms with Crippen LogP contribution in [0.25, 0.3) is 0 Å². The van der Waals surface area contributed by atoms with E-state index in [0.717, 1.165) is 38.6 Å². The highest BCUT2D eigenvalue weighted by molar-refractivity contribution is 5.80. The summed E-state index contributed by atoms with van der Waals surface area (Å²) in [5, 5.41) is 3.61. The predicted octanol–water partition coefficient (Wildman–Crippen LogP) is 2.72. The Morgan fingerprint density at radius 1 is 1.12 bits per heavy atom. The van der Waals surface area contributed by atoms with E-state index in [1.54, 1.807) is 0 Å². The van der Waals surface area contributed by atoms with Gasteiger partial charge in [0.1, 0.15) is 0 Å². The van der Waals surface area contributed by atoms with Gasteiger partial charge in [0.2, 0.25) is 0 Å². The van der Waals surface area contributed by atoms with Crippen LogP contribution in [-0.2, 0) is 4.74 Å². The van der Waals surface area contributed by atoms with Crippen molar-refractivity contribution in [2.24, 2.45) is 10.4 Å². The average Bonchev–Trinajstić information content (AvgIpc) is 2.98. The molecule has 1 spiro atoms. The van der Waals surface area contributed by atoms with Crippen molar-refractivity contribution >= 4 is 5.96 Å². The lowest BCUT2D eigenvalue weighted by Gasteiger charge is -2.35. The smallest absolute Gasteiger partial charge is 0.193 e. The standard InChI is InChI=1S/C20H38N4O/c1-17-14-23(15-18(2)25-17)12-7-11-22-19(21-3)24-13-10-20(16-24)8-5-4-6-9-20/h17-18H,4-16H2,1-3H3,(H,21,22). The van der Waals surface area contributed by atoms with Crippen molar-refractivity contribution < 1.29 is 4.74 Å². The predicted molar refractivity (Wildman–Crippen MR) is 104 cm³/mol. The third kappa shape index (κ3) is 5.10. The van der Waals surface area contributed by atoms with Gasteiger partial charge in [-0.15, -0.1) is 0 Å². The van der Waals surface area contributed by atoms with E-state index >= 15 is 0 Å². The number of morpholine rings is 1. The third-order valence-electron chi connectivity index (χ3n) is 6.29. The van der Waals surface area contributed by atoms with Gasteiger partial charge in [-0.05, 0) is 44.9 Å². The molecule has 2 aliphatic heterocycles. The van der Waals surface area contributed by atoms with Gasteiger partial charge in [-0.1, -0.05) is 19.3 Å². The molecule has 5 nitrogen and oxygen atoms in total. The Hall–Kier alpha value is -0.810. The molecule has 1 aliphatic carbocycles. The highest BCUT2D eigenvalue weighted by Crippen LogP contribution is 2.43. The van der Waals surface area contributed by atoms with Crippen molar-refractivity contribution in [3.05, 3.63) is 0 Å². The molecule has 3 aliphatic rings. The highest BCUT2D eigenvalue weighted by atomic mass is 16.5. The summed E-state index contributed by atoms with van der Waals surface area (Å²) in [6.45, 7) is 11.0. The molecule has 0 radical (unpaired) electrons. The van der Waals surface area contributed by atoms with Crippen LogP contribution < -0.4 is 5.32 Å². The molecule has 5 heteroatoms. The van der Waals surface area contributed by atoms with Crippen LogP contribution in [-0.4, -0.2) is 74.3 Å². The fraction of sp³-hybridized carbons (Fsp3) is 0.950. The van der Waals surface area contributed by atoms with E-state index in [9.17, 15) is 0 Å². The van der Waals surface area contributed by atoms with Gasteiger partial charge in [0.05, 0.1) is 12.2 Å². The minimum Gasteiger partial charge on any atom is -0.373 e. The van der Waals surface area contributed by atoms with Crippen LogP contribution in [0.15, 0.2) is 4.99 Å². The SMILES string of the molecule is CN=C(NCCCN1CC(C)OC(C)C1)N1CCC2(CCCCC2)C1. The summed E-state index contributed by atoms with van der Waals surface area (Å²) < 4.78 is 5.82. The second-order valence-corrected chi connectivity index (χ2v) is 8.58. The van der Waals surface area contributed by atoms with Gasteiger partial charge in [0, 0.05) is 46.3 Å². The quantitative estimate of drug-likeness (QED) is 0.481. The van der Waals surface area contributed by atoms with Crippen LogP contribution in [0, 0.1) is 5.41 Å². The average molecular weight is 351 g/mol. The molecule has 1 N–H and O–H groups in total. The molecule has 0 aromatic carbocycles. The minimum absolute atomic E-state index is 0.362. The molecular weight excluding hydrogens is 312 g/mol. The van der Waals surface area contributed by atoms with Crippen LogP contribution in [0.4, 0.5) is 0 Å². The first-order valence-corrected chi connectivity index (χ1v) is 10.4. The molecule has 2 heterocycles. The van der Waals surface area contributed by atoms with Crippen LogP contribution in [0.2, 0.25) is 0 Å². The molecule has 2 saturated heterocycles. The van der Waals surface area contributed by atoms with Crippen molar-refractivity contribution in [3.8, 4) is 0 Å². The Balaban J connectivity index is 1.38. The lowest BCUT2D eigenvalue weighted by atomic mass is 9.73. The molecule has 2 atom stereocenters. The summed E-state index contributed by atoms with van der Waals surface area (Å²) in [7, 11) is 1.93. The Bertz CT molecular complexity index is 437. The van der Waals surface area contributed by atoms with E-state index in [0.29, 0.717) is 17.6 Å². The van der Waals surface area contributed by atoms with Crippen molar-refractivity contribution in [2.45, 2.75) is 71.0 Å². The first-order valence-electron chi connectivity index (χ1n) is 10.4. The topological polar surface area (TPSA) is 40.1 Å². The second-order valence-electron chi connectivity index (χ2n) is 8.58. The van der Waals surface area contributed by atoms with Crippen LogP contribution in [0.3, 0.4) is 0 Å². The summed E-state index contributed by atoms with van der Waals surface area (Å²) in [5.74, 6) is 1.12. The Morgan fingerprint density at radius 3 is 2.52 bits per heavy atom. The van der Waals surface area contributed by atoms with Gasteiger partial charge >= 0.3 is 0 Å². The van der Waals surface area contributed by atoms with E-state index in [-0.39, 0.29) is 0 Å². The summed E-state index contributed by atoms with van der Waals surface area (Å²) in [4.78, 5) is 9.60. The molecule has 2 unspecified atom stereocenters. The normalized spacial score (nSPS) is 30.8. The molecule has 0 aromatic rings. The summed E-state index contributed by atoms with van der Waals surface area (Å²) in [6.07, 6.45) is 10.4. The number of nitrogens with one attached hydrogen (secondary N) is 1. The number of hydrogen-bond acceptors (Lipinski definition) is 3. The summed E-state index contributed by atoms with van der Waals surface area (Å²) in [5.41, 5.74) is 0.593. The van der Waals surface area contributed by atoms with Crippen molar-refractivity contribution in [2.75, 3.05) is 46.3 Å². The summed E-state index contributed by atoms with van der Waals surface area (Å²) in [6, 6.07) is 0. The van der Waals surface area contributed by atoms with Crippen LogP contribution in [0.1, 0.15) is 58.8 Å². The number of hydrogen-bond donors (Lipinski definition) is 1. The monoisotopic (exact) mass is 350 g/mol. The van der Waals surface area contributed by atoms with E-state index in [1.165, 1.54) is 51.6 Å². The van der Waals surface area contributed by atoms with E-state index in [4.69, 9.17) is 4.74 Å². The minimum atomic E-state index is 0.362. The number of likely N-dealkylation sites (tertiary alicyclic amines) is 1. The first-order chi connectivity index (χ1) is 12.1. The molecule has 3 fully saturated rings. The van der Waals surface area contributed by atoms with Gasteiger partial charge in [-0.3, -0.25) is 9.89 Å². The molecule has 25 heavy (non-hydrogen) atoms. The fourth-order valence-corrected chi connectivity index (χ4v) is 5.13. The maximum absolute atomic E-state index is 5.82. The van der Waals surface area contributed by atoms with Crippen LogP contribution in [0.5, 0.6) is 0 Å². The maximum atomic E-state index is 5.82. The zero-order valence-electron chi connectivity index (χ0n) is 16.6. The van der Waals surface area contributed by atoms with Gasteiger partial charge < -0.3 is 15.0 Å². The number of nitrogens with zero attached hydrogens (tertiary/aromatic N) is 3. The van der Waals surface area contributed by atoms with Gasteiger partial charge in [0.25, 0.3) is 0 Å². The second kappa shape index (κ2) is 8.72. The zero-order chi connectivity index (χ0) is 17.7. The van der Waals surface area contributed by atoms with E-state index in [2.05, 4.69) is 34.0 Å². The lowest BCUT2D eigenvalue weighted by Crippen LogP contribution is -2.46. The Kier molecular flexibility index (Phi) is 6.61. The van der Waals surface area contributed by atoms with Crippen molar-refractivity contribution in [1.82, 2.24) is 15.1 Å². The first kappa shape index (κ1) is 19.0. The van der Waals surface area contributed by atoms with Gasteiger partial charge in [-0.2, -0.15) is 0 Å². The van der Waals surface area contributed by atoms with E-state index < -0.39 is 0 Å². The molecule has 0 bridgehead atoms. The Morgan fingerprint density at radius 2 is 1.84 bits per heavy atom. The van der Waals surface area contributed by atoms with Crippen LogP contribution >= 0.6 is 0 Å². The number of ether oxygens (including phenoxy) is 1. The molecule has 144 valence electrons. The van der Waals surface area contributed by atoms with Gasteiger partial charge in [-0.25, -0.2) is 0 Å². The number of guanidine groups is 1. The van der Waals surface area contributed by atoms with Crippen molar-refractivity contribution in [3.63, 3.8) is 0 Å². The third-order valence-corrected chi connectivity index (χ3v) is 6.29. The summed E-state index contributed by atoms with van der Waals surface area (Å²) >= 11 is 0. The zero-order valence-corrected chi connectivity index (χ0v) is 16.6. The molecule has 0 amide bonds. The Labute approximate surface area is 154 Å². The molecular formula is C20H38N4O. The number of rotatable bonds is 4. The molecule has 0 aromatic heterocycles. The van der Waals surface area contributed by atoms with Crippen molar-refractivity contribution in [1.29, 1.82) is 0 Å². The fourth-order valence-electron chi connectivity index (χ4n) is 5.13. The molecule has 1 saturated carbocycles. The maximum Gasteiger partial charge on any atom is 0.193 e.